The maximum atomic E-state index is 11.9. The van der Waals surface area contributed by atoms with Gasteiger partial charge in [0.1, 0.15) is 5.75 Å². The van der Waals surface area contributed by atoms with Crippen molar-refractivity contribution >= 4 is 24.6 Å². The molecule has 0 aliphatic carbocycles. The summed E-state index contributed by atoms with van der Waals surface area (Å²) in [6.07, 6.45) is 2.47. The molecular weight excluding hydrogens is 335 g/mol. The molecule has 0 radical (unpaired) electrons. The number of carbonyl (C=O) groups is 1. The number of aromatic nitrogens is 1. The zero-order chi connectivity index (χ0) is 17.9. The number of nitrogens with zero attached hydrogens (tertiary/aromatic N) is 2. The van der Waals surface area contributed by atoms with E-state index in [2.05, 4.69) is 4.52 Å². The summed E-state index contributed by atoms with van der Waals surface area (Å²) >= 11 is 0. The second-order valence-electron chi connectivity index (χ2n) is 5.63. The van der Waals surface area contributed by atoms with Crippen LogP contribution in [0.2, 0.25) is 0 Å². The van der Waals surface area contributed by atoms with Gasteiger partial charge < -0.3 is 19.4 Å². The van der Waals surface area contributed by atoms with Crippen molar-refractivity contribution in [2.24, 2.45) is 0 Å². The summed E-state index contributed by atoms with van der Waals surface area (Å²) in [5, 5.41) is 0.740. The van der Waals surface area contributed by atoms with Crippen molar-refractivity contribution in [2.45, 2.75) is 13.3 Å². The molecule has 9 heteroatoms. The van der Waals surface area contributed by atoms with Crippen molar-refractivity contribution in [1.29, 1.82) is 0 Å². The molecule has 1 aromatic carbocycles. The number of likely N-dealkylation sites (N-methyl/N-ethyl adjacent to an activating group) is 1. The molecule has 132 valence electrons. The van der Waals surface area contributed by atoms with Gasteiger partial charge in [-0.05, 0) is 38.2 Å². The molecule has 0 aliphatic rings. The van der Waals surface area contributed by atoms with Crippen molar-refractivity contribution in [2.75, 3.05) is 27.4 Å². The van der Waals surface area contributed by atoms with Crippen LogP contribution in [-0.4, -0.2) is 52.6 Å². The molecule has 24 heavy (non-hydrogen) atoms. The lowest BCUT2D eigenvalue weighted by Crippen LogP contribution is -2.15. The summed E-state index contributed by atoms with van der Waals surface area (Å²) in [5.41, 5.74) is 1.60. The molecule has 0 amide bonds. The molecule has 0 unspecified atom stereocenters. The Labute approximate surface area is 139 Å². The first-order chi connectivity index (χ1) is 11.2. The van der Waals surface area contributed by atoms with E-state index < -0.39 is 14.6 Å². The first-order valence-electron chi connectivity index (χ1n) is 7.30. The minimum absolute atomic E-state index is 0.125. The fourth-order valence-electron chi connectivity index (χ4n) is 2.41. The van der Waals surface area contributed by atoms with Crippen LogP contribution in [-0.2, 0) is 15.5 Å². The number of hydrogen-bond donors (Lipinski definition) is 2. The summed E-state index contributed by atoms with van der Waals surface area (Å²) in [4.78, 5) is 31.4. The normalized spacial score (nSPS) is 12.1. The van der Waals surface area contributed by atoms with Gasteiger partial charge in [0, 0.05) is 25.1 Å². The Morgan fingerprint density at radius 3 is 2.62 bits per heavy atom. The Morgan fingerprint density at radius 1 is 1.33 bits per heavy atom. The average Bonchev–Trinajstić information content (AvgIpc) is 2.83. The van der Waals surface area contributed by atoms with E-state index in [4.69, 9.17) is 14.5 Å². The zero-order valence-corrected chi connectivity index (χ0v) is 14.7. The Hall–Kier alpha value is -1.70. The van der Waals surface area contributed by atoms with E-state index in [1.54, 1.807) is 24.4 Å². The number of phosphoric acid groups is 1. The average molecular weight is 356 g/mol. The van der Waals surface area contributed by atoms with Crippen LogP contribution < -0.4 is 4.74 Å². The summed E-state index contributed by atoms with van der Waals surface area (Å²) in [6, 6.07) is 5.19. The van der Waals surface area contributed by atoms with Crippen LogP contribution in [0.5, 0.6) is 5.75 Å². The molecule has 0 aliphatic heterocycles. The molecule has 2 rings (SSSR count). The second-order valence-corrected chi connectivity index (χ2v) is 6.87. The second kappa shape index (κ2) is 7.46. The lowest BCUT2D eigenvalue weighted by Gasteiger charge is -2.11. The predicted octanol–water partition coefficient (Wildman–Crippen LogP) is 1.85. The molecule has 1 aromatic heterocycles. The molecule has 1 heterocycles. The standard InChI is InChI=1S/C15H21N2O6P/c1-11(18)17-9-12(7-8-16(2)3)15-13(17)5-4-6-14(15)22-10-23-24(19,20)21/h4-6,9H,7-8,10H2,1-3H3,(H2,19,20,21). The lowest BCUT2D eigenvalue weighted by molar-refractivity contribution is 0.0839. The van der Waals surface area contributed by atoms with Crippen LogP contribution in [0.4, 0.5) is 0 Å². The molecule has 2 N–H and O–H groups in total. The number of hydrogen-bond acceptors (Lipinski definition) is 5. The Bertz CT molecular complexity index is 780. The minimum atomic E-state index is -4.60. The van der Waals surface area contributed by atoms with Gasteiger partial charge in [-0.15, -0.1) is 0 Å². The van der Waals surface area contributed by atoms with Crippen LogP contribution >= 0.6 is 7.82 Å². The number of fused-ring (bicyclic) bond motifs is 1. The topological polar surface area (TPSA) is 101 Å². The lowest BCUT2D eigenvalue weighted by atomic mass is 10.1. The summed E-state index contributed by atoms with van der Waals surface area (Å²) in [6.45, 7) is 1.67. The number of phosphoric ester groups is 1. The van der Waals surface area contributed by atoms with Gasteiger partial charge in [-0.1, -0.05) is 6.07 Å². The van der Waals surface area contributed by atoms with E-state index >= 15 is 0 Å². The van der Waals surface area contributed by atoms with Crippen LogP contribution in [0.1, 0.15) is 17.3 Å². The summed E-state index contributed by atoms with van der Waals surface area (Å²) in [7, 11) is -0.695. The van der Waals surface area contributed by atoms with Crippen LogP contribution in [0.25, 0.3) is 10.9 Å². The van der Waals surface area contributed by atoms with Gasteiger partial charge >= 0.3 is 7.82 Å². The van der Waals surface area contributed by atoms with Crippen molar-refractivity contribution in [1.82, 2.24) is 9.47 Å². The van der Waals surface area contributed by atoms with Crippen molar-refractivity contribution in [3.63, 3.8) is 0 Å². The predicted molar refractivity (Wildman–Crippen MR) is 89.1 cm³/mol. The van der Waals surface area contributed by atoms with Gasteiger partial charge in [-0.3, -0.25) is 9.36 Å². The highest BCUT2D eigenvalue weighted by molar-refractivity contribution is 7.46. The maximum Gasteiger partial charge on any atom is 0.472 e. The fraction of sp³-hybridized carbons (Fsp3) is 0.400. The molecule has 8 nitrogen and oxygen atoms in total. The highest BCUT2D eigenvalue weighted by Gasteiger charge is 2.17. The van der Waals surface area contributed by atoms with Crippen molar-refractivity contribution in [3.8, 4) is 5.75 Å². The third-order valence-electron chi connectivity index (χ3n) is 3.47. The van der Waals surface area contributed by atoms with E-state index in [1.807, 2.05) is 19.0 Å². The third-order valence-corrected chi connectivity index (χ3v) is 3.91. The van der Waals surface area contributed by atoms with Gasteiger partial charge in [0.25, 0.3) is 0 Å². The first kappa shape index (κ1) is 18.6. The van der Waals surface area contributed by atoms with Gasteiger partial charge in [0.05, 0.1) is 5.52 Å². The molecule has 0 spiro atoms. The number of rotatable bonds is 7. The molecule has 0 atom stereocenters. The van der Waals surface area contributed by atoms with Crippen molar-refractivity contribution < 1.29 is 28.4 Å². The van der Waals surface area contributed by atoms with E-state index in [9.17, 15) is 9.36 Å². The van der Waals surface area contributed by atoms with Crippen molar-refractivity contribution in [3.05, 3.63) is 30.0 Å². The van der Waals surface area contributed by atoms with Crippen LogP contribution in [0.15, 0.2) is 24.4 Å². The molecule has 0 saturated carbocycles. The molecule has 0 saturated heterocycles. The SMILES string of the molecule is CC(=O)n1cc(CCN(C)C)c2c(OCOP(=O)(O)O)cccc21. The Balaban J connectivity index is 2.39. The Morgan fingerprint density at radius 2 is 2.04 bits per heavy atom. The monoisotopic (exact) mass is 356 g/mol. The summed E-state index contributed by atoms with van der Waals surface area (Å²) < 4.78 is 22.0. The van der Waals surface area contributed by atoms with Gasteiger partial charge in [0.15, 0.2) is 6.79 Å². The largest absolute Gasteiger partial charge is 0.472 e. The third kappa shape index (κ3) is 4.66. The van der Waals surface area contributed by atoms with E-state index in [1.165, 1.54) is 11.5 Å². The molecular formula is C15H21N2O6P. The molecule has 0 fully saturated rings. The summed E-state index contributed by atoms with van der Waals surface area (Å²) in [5.74, 6) is 0.287. The number of carbonyl (C=O) groups excluding carboxylic acids is 1. The van der Waals surface area contributed by atoms with Crippen LogP contribution in [0, 0.1) is 0 Å². The van der Waals surface area contributed by atoms with Gasteiger partial charge in [-0.2, -0.15) is 0 Å². The van der Waals surface area contributed by atoms with E-state index in [0.29, 0.717) is 17.7 Å². The maximum absolute atomic E-state index is 11.9. The Kier molecular flexibility index (Phi) is 5.79. The number of benzene rings is 1. The highest BCUT2D eigenvalue weighted by atomic mass is 31.2. The van der Waals surface area contributed by atoms with E-state index in [-0.39, 0.29) is 5.91 Å². The van der Waals surface area contributed by atoms with E-state index in [0.717, 1.165) is 17.5 Å². The van der Waals surface area contributed by atoms with Crippen LogP contribution in [0.3, 0.4) is 0 Å². The molecule has 0 bridgehead atoms. The smallest absolute Gasteiger partial charge is 0.466 e. The first-order valence-corrected chi connectivity index (χ1v) is 8.83. The number of ether oxygens (including phenoxy) is 1. The quantitative estimate of drug-likeness (QED) is 0.577. The fourth-order valence-corrected chi connectivity index (χ4v) is 2.60. The minimum Gasteiger partial charge on any atom is -0.466 e. The molecule has 2 aromatic rings. The van der Waals surface area contributed by atoms with Gasteiger partial charge in [0.2, 0.25) is 5.91 Å². The zero-order valence-electron chi connectivity index (χ0n) is 13.8. The highest BCUT2D eigenvalue weighted by Crippen LogP contribution is 2.36. The van der Waals surface area contributed by atoms with Gasteiger partial charge in [-0.25, -0.2) is 9.09 Å².